The number of rotatable bonds is 2. The fourth-order valence-electron chi connectivity index (χ4n) is 1.70. The zero-order valence-corrected chi connectivity index (χ0v) is 9.29. The van der Waals surface area contributed by atoms with E-state index in [1.807, 2.05) is 0 Å². The Kier molecular flexibility index (Phi) is 3.28. The molecule has 0 amide bonds. The van der Waals surface area contributed by atoms with E-state index in [4.69, 9.17) is 0 Å². The fourth-order valence-corrected chi connectivity index (χ4v) is 1.70. The van der Waals surface area contributed by atoms with E-state index in [0.29, 0.717) is 11.5 Å². The van der Waals surface area contributed by atoms with Gasteiger partial charge in [-0.2, -0.15) is 15.2 Å². The molecule has 0 radical (unpaired) electrons. The van der Waals surface area contributed by atoms with Crippen LogP contribution >= 0.6 is 0 Å². The van der Waals surface area contributed by atoms with Crippen molar-refractivity contribution in [3.05, 3.63) is 16.2 Å². The summed E-state index contributed by atoms with van der Waals surface area (Å²) in [6, 6.07) is 0. The third kappa shape index (κ3) is 2.65. The van der Waals surface area contributed by atoms with Gasteiger partial charge in [0.25, 0.3) is 0 Å². The molecule has 0 unspecified atom stereocenters. The summed E-state index contributed by atoms with van der Waals surface area (Å²) in [5, 5.41) is 10.4. The Morgan fingerprint density at radius 1 is 1.31 bits per heavy atom. The van der Waals surface area contributed by atoms with Crippen LogP contribution in [-0.2, 0) is 0 Å². The van der Waals surface area contributed by atoms with E-state index in [9.17, 15) is 4.79 Å². The van der Waals surface area contributed by atoms with Gasteiger partial charge in [-0.1, -0.05) is 6.42 Å². The van der Waals surface area contributed by atoms with Gasteiger partial charge in [0.1, 0.15) is 5.69 Å². The summed E-state index contributed by atoms with van der Waals surface area (Å²) in [5.74, 6) is 0.432. The van der Waals surface area contributed by atoms with E-state index >= 15 is 0 Å². The van der Waals surface area contributed by atoms with Gasteiger partial charge in [-0.3, -0.25) is 5.43 Å². The molecule has 1 fully saturated rings. The average molecular weight is 221 g/mol. The van der Waals surface area contributed by atoms with Gasteiger partial charge in [0, 0.05) is 5.71 Å². The van der Waals surface area contributed by atoms with Crippen LogP contribution in [0.4, 0.5) is 5.82 Å². The number of hydrogen-bond acceptors (Lipinski definition) is 5. The molecule has 0 aliphatic heterocycles. The third-order valence-electron chi connectivity index (χ3n) is 2.63. The Morgan fingerprint density at radius 3 is 2.81 bits per heavy atom. The van der Waals surface area contributed by atoms with Gasteiger partial charge in [-0.25, -0.2) is 9.89 Å². The molecule has 6 heteroatoms. The van der Waals surface area contributed by atoms with Gasteiger partial charge >= 0.3 is 5.69 Å². The highest BCUT2D eigenvalue weighted by Crippen LogP contribution is 2.15. The van der Waals surface area contributed by atoms with Crippen molar-refractivity contribution in [2.24, 2.45) is 5.10 Å². The zero-order valence-electron chi connectivity index (χ0n) is 9.29. The molecule has 6 nitrogen and oxygen atoms in total. The topological polar surface area (TPSA) is 83.0 Å². The first-order chi connectivity index (χ1) is 7.75. The number of aromatic nitrogens is 3. The molecule has 16 heavy (non-hydrogen) atoms. The lowest BCUT2D eigenvalue weighted by Crippen LogP contribution is -2.16. The summed E-state index contributed by atoms with van der Waals surface area (Å²) in [7, 11) is 0. The van der Waals surface area contributed by atoms with Gasteiger partial charge in [-0.15, -0.1) is 0 Å². The van der Waals surface area contributed by atoms with Crippen LogP contribution in [-0.4, -0.2) is 20.9 Å². The monoisotopic (exact) mass is 221 g/mol. The Hall–Kier alpha value is -1.72. The van der Waals surface area contributed by atoms with Crippen molar-refractivity contribution in [3.63, 3.8) is 0 Å². The quantitative estimate of drug-likeness (QED) is 0.735. The number of hydrogen-bond donors (Lipinski definition) is 2. The fraction of sp³-hybridized carbons (Fsp3) is 0.600. The lowest BCUT2D eigenvalue weighted by molar-refractivity contribution is 0.665. The molecule has 0 saturated heterocycles. The van der Waals surface area contributed by atoms with Crippen molar-refractivity contribution in [2.75, 3.05) is 5.43 Å². The van der Waals surface area contributed by atoms with Crippen LogP contribution in [0, 0.1) is 6.92 Å². The molecule has 0 aromatic carbocycles. The van der Waals surface area contributed by atoms with Crippen LogP contribution in [0.1, 0.15) is 37.8 Å². The number of aromatic amines is 1. The minimum absolute atomic E-state index is 0.432. The Bertz CT molecular complexity index is 443. The highest BCUT2D eigenvalue weighted by Gasteiger charge is 2.07. The second kappa shape index (κ2) is 4.87. The molecule has 1 heterocycles. The Morgan fingerprint density at radius 2 is 2.06 bits per heavy atom. The summed E-state index contributed by atoms with van der Waals surface area (Å²) in [6.45, 7) is 1.77. The summed E-state index contributed by atoms with van der Waals surface area (Å²) < 4.78 is 0. The van der Waals surface area contributed by atoms with Crippen molar-refractivity contribution in [1.29, 1.82) is 0 Å². The number of aryl methyl sites for hydroxylation is 1. The van der Waals surface area contributed by atoms with Crippen molar-refractivity contribution >= 4 is 11.5 Å². The molecule has 1 aliphatic rings. The average Bonchev–Trinajstić information content (AvgIpc) is 2.32. The van der Waals surface area contributed by atoms with Crippen LogP contribution < -0.4 is 11.1 Å². The first-order valence-corrected chi connectivity index (χ1v) is 5.50. The zero-order chi connectivity index (χ0) is 11.4. The second-order valence-corrected chi connectivity index (χ2v) is 3.93. The van der Waals surface area contributed by atoms with Crippen molar-refractivity contribution in [1.82, 2.24) is 15.2 Å². The summed E-state index contributed by atoms with van der Waals surface area (Å²) in [6.07, 6.45) is 5.73. The Labute approximate surface area is 93.2 Å². The van der Waals surface area contributed by atoms with E-state index in [1.54, 1.807) is 6.92 Å². The number of nitrogens with zero attached hydrogens (tertiary/aromatic N) is 3. The second-order valence-electron chi connectivity index (χ2n) is 3.93. The van der Waals surface area contributed by atoms with Crippen molar-refractivity contribution in [2.45, 2.75) is 39.0 Å². The number of H-pyrrole nitrogens is 1. The predicted molar refractivity (Wildman–Crippen MR) is 61.5 cm³/mol. The largest absolute Gasteiger partial charge is 0.363 e. The maximum absolute atomic E-state index is 11.0. The first-order valence-electron chi connectivity index (χ1n) is 5.50. The molecule has 1 aliphatic carbocycles. The highest BCUT2D eigenvalue weighted by molar-refractivity contribution is 5.85. The Balaban J connectivity index is 2.08. The summed E-state index contributed by atoms with van der Waals surface area (Å²) in [4.78, 5) is 14.7. The van der Waals surface area contributed by atoms with Crippen molar-refractivity contribution < 1.29 is 0 Å². The number of anilines is 1. The molecule has 2 rings (SSSR count). The van der Waals surface area contributed by atoms with Crippen LogP contribution in [0.3, 0.4) is 0 Å². The highest BCUT2D eigenvalue weighted by atomic mass is 16.1. The lowest BCUT2D eigenvalue weighted by Gasteiger charge is -2.12. The molecule has 0 bridgehead atoms. The smallest absolute Gasteiger partial charge is 0.260 e. The molecular weight excluding hydrogens is 206 g/mol. The molecule has 1 aromatic rings. The molecule has 86 valence electrons. The molecule has 0 spiro atoms. The normalized spacial score (nSPS) is 15.9. The maximum Gasteiger partial charge on any atom is 0.363 e. The number of hydrazone groups is 1. The van der Waals surface area contributed by atoms with E-state index in [2.05, 4.69) is 25.7 Å². The maximum atomic E-state index is 11.0. The standard InChI is InChI=1S/C10H15N5O/c1-7-9(11-10(16)15-12-7)14-13-8-5-3-2-4-6-8/h2-6H2,1H3,(H2,11,14,15,16). The van der Waals surface area contributed by atoms with E-state index in [0.717, 1.165) is 18.6 Å². The van der Waals surface area contributed by atoms with Crippen LogP contribution in [0.15, 0.2) is 9.90 Å². The predicted octanol–water partition coefficient (Wildman–Crippen LogP) is 1.21. The van der Waals surface area contributed by atoms with Crippen LogP contribution in [0.5, 0.6) is 0 Å². The van der Waals surface area contributed by atoms with Gasteiger partial charge in [0.05, 0.1) is 0 Å². The van der Waals surface area contributed by atoms with Gasteiger partial charge < -0.3 is 0 Å². The van der Waals surface area contributed by atoms with Crippen LogP contribution in [0.25, 0.3) is 0 Å². The molecule has 1 aromatic heterocycles. The summed E-state index contributed by atoms with van der Waals surface area (Å²) in [5.41, 5.74) is 4.14. The van der Waals surface area contributed by atoms with E-state index in [1.165, 1.54) is 19.3 Å². The third-order valence-corrected chi connectivity index (χ3v) is 2.63. The molecule has 2 N–H and O–H groups in total. The van der Waals surface area contributed by atoms with Gasteiger partial charge in [0.2, 0.25) is 0 Å². The van der Waals surface area contributed by atoms with Crippen molar-refractivity contribution in [3.8, 4) is 0 Å². The first kappa shape index (κ1) is 10.8. The molecule has 0 atom stereocenters. The van der Waals surface area contributed by atoms with E-state index < -0.39 is 5.69 Å². The summed E-state index contributed by atoms with van der Waals surface area (Å²) >= 11 is 0. The minimum Gasteiger partial charge on any atom is -0.260 e. The van der Waals surface area contributed by atoms with Gasteiger partial charge in [-0.05, 0) is 32.6 Å². The molecule has 1 saturated carbocycles. The number of nitrogens with one attached hydrogen (secondary N) is 2. The molecular formula is C10H15N5O. The van der Waals surface area contributed by atoms with Gasteiger partial charge in [0.15, 0.2) is 5.82 Å². The minimum atomic E-state index is -0.461. The SMILES string of the molecule is Cc1n[nH]c(=O)nc1NN=C1CCCCC1. The van der Waals surface area contributed by atoms with Crippen LogP contribution in [0.2, 0.25) is 0 Å². The van der Waals surface area contributed by atoms with E-state index in [-0.39, 0.29) is 0 Å². The lowest BCUT2D eigenvalue weighted by atomic mass is 9.99.